The molecule has 0 unspecified atom stereocenters. The summed E-state index contributed by atoms with van der Waals surface area (Å²) in [5, 5.41) is 15.1. The SMILES string of the molecule is COCc1c(Br)c(C)nc(OCC(=O)N/N=C/c2cccs2)c1C#N. The van der Waals surface area contributed by atoms with Crippen molar-refractivity contribution in [3.05, 3.63) is 43.7 Å². The monoisotopic (exact) mass is 422 g/mol. The van der Waals surface area contributed by atoms with Gasteiger partial charge in [0.05, 0.1) is 18.5 Å². The number of ether oxygens (including phenoxy) is 2. The molecule has 130 valence electrons. The van der Waals surface area contributed by atoms with E-state index in [2.05, 4.69) is 31.4 Å². The number of thiophene rings is 1. The number of halogens is 1. The highest BCUT2D eigenvalue weighted by atomic mass is 79.9. The Hall–Kier alpha value is -2.28. The number of hydrogen-bond acceptors (Lipinski definition) is 7. The minimum atomic E-state index is -0.452. The molecule has 25 heavy (non-hydrogen) atoms. The summed E-state index contributed by atoms with van der Waals surface area (Å²) >= 11 is 4.90. The molecule has 0 saturated heterocycles. The topological polar surface area (TPSA) is 96.6 Å². The van der Waals surface area contributed by atoms with Crippen LogP contribution >= 0.6 is 27.3 Å². The summed E-state index contributed by atoms with van der Waals surface area (Å²) in [6, 6.07) is 5.81. The van der Waals surface area contributed by atoms with E-state index in [1.165, 1.54) is 18.4 Å². The van der Waals surface area contributed by atoms with Crippen molar-refractivity contribution in [1.82, 2.24) is 10.4 Å². The van der Waals surface area contributed by atoms with Gasteiger partial charge in [0.15, 0.2) is 6.61 Å². The molecule has 0 spiro atoms. The van der Waals surface area contributed by atoms with Crippen molar-refractivity contribution in [1.29, 1.82) is 5.26 Å². The molecule has 2 heterocycles. The maximum absolute atomic E-state index is 11.8. The predicted molar refractivity (Wildman–Crippen MR) is 97.7 cm³/mol. The summed E-state index contributed by atoms with van der Waals surface area (Å²) in [6.07, 6.45) is 1.54. The van der Waals surface area contributed by atoms with Gasteiger partial charge in [-0.25, -0.2) is 10.4 Å². The Morgan fingerprint density at radius 2 is 2.40 bits per heavy atom. The Morgan fingerprint density at radius 3 is 3.04 bits per heavy atom. The Balaban J connectivity index is 2.04. The van der Waals surface area contributed by atoms with Crippen molar-refractivity contribution >= 4 is 39.4 Å². The highest BCUT2D eigenvalue weighted by molar-refractivity contribution is 9.10. The number of hydrogen-bond donors (Lipinski definition) is 1. The Kier molecular flexibility index (Phi) is 7.06. The Morgan fingerprint density at radius 1 is 1.60 bits per heavy atom. The molecule has 0 atom stereocenters. The van der Waals surface area contributed by atoms with Crippen LogP contribution in [0.3, 0.4) is 0 Å². The largest absolute Gasteiger partial charge is 0.467 e. The summed E-state index contributed by atoms with van der Waals surface area (Å²) in [7, 11) is 1.53. The molecule has 0 aromatic carbocycles. The van der Waals surface area contributed by atoms with E-state index in [-0.39, 0.29) is 24.7 Å². The van der Waals surface area contributed by atoms with Crippen LogP contribution in [-0.4, -0.2) is 30.8 Å². The molecular formula is C16H15BrN4O3S. The van der Waals surface area contributed by atoms with Crippen molar-refractivity contribution in [3.8, 4) is 11.9 Å². The zero-order chi connectivity index (χ0) is 18.2. The van der Waals surface area contributed by atoms with E-state index in [9.17, 15) is 10.1 Å². The van der Waals surface area contributed by atoms with Crippen LogP contribution in [-0.2, 0) is 16.1 Å². The number of pyridine rings is 1. The maximum atomic E-state index is 11.8. The lowest BCUT2D eigenvalue weighted by molar-refractivity contribution is -0.123. The van der Waals surface area contributed by atoms with Crippen molar-refractivity contribution in [2.24, 2.45) is 5.10 Å². The van der Waals surface area contributed by atoms with Gasteiger partial charge in [-0.1, -0.05) is 6.07 Å². The summed E-state index contributed by atoms with van der Waals surface area (Å²) in [5.41, 5.74) is 3.86. The minimum Gasteiger partial charge on any atom is -0.467 e. The first-order chi connectivity index (χ1) is 12.1. The molecule has 7 nitrogen and oxygen atoms in total. The summed E-state index contributed by atoms with van der Waals surface area (Å²) in [5.74, 6) is -0.361. The number of nitriles is 1. The van der Waals surface area contributed by atoms with Crippen molar-refractivity contribution < 1.29 is 14.3 Å². The smallest absolute Gasteiger partial charge is 0.278 e. The Bertz CT molecular complexity index is 816. The van der Waals surface area contributed by atoms with Gasteiger partial charge < -0.3 is 9.47 Å². The number of aryl methyl sites for hydroxylation is 1. The quantitative estimate of drug-likeness (QED) is 0.546. The highest BCUT2D eigenvalue weighted by Crippen LogP contribution is 2.29. The standard InChI is InChI=1S/C16H15BrN4O3S/c1-10-15(17)13(8-23-2)12(6-18)16(20-10)24-9-14(22)21-19-7-11-4-3-5-25-11/h3-5,7H,8-9H2,1-2H3,(H,21,22)/b19-7+. The first-order valence-corrected chi connectivity index (χ1v) is 8.80. The molecule has 0 bridgehead atoms. The molecule has 1 amide bonds. The maximum Gasteiger partial charge on any atom is 0.278 e. The number of carbonyl (C=O) groups excluding carboxylic acids is 1. The van der Waals surface area contributed by atoms with Gasteiger partial charge in [-0.05, 0) is 34.3 Å². The van der Waals surface area contributed by atoms with Gasteiger partial charge in [0.25, 0.3) is 5.91 Å². The fourth-order valence-corrected chi connectivity index (χ4v) is 2.90. The normalized spacial score (nSPS) is 10.6. The highest BCUT2D eigenvalue weighted by Gasteiger charge is 2.18. The number of carbonyl (C=O) groups is 1. The van der Waals surface area contributed by atoms with Crippen molar-refractivity contribution in [3.63, 3.8) is 0 Å². The molecule has 1 N–H and O–H groups in total. The molecule has 0 aliphatic rings. The van der Waals surface area contributed by atoms with Crippen LogP contribution < -0.4 is 10.2 Å². The van der Waals surface area contributed by atoms with Gasteiger partial charge in [0, 0.05) is 22.0 Å². The lowest BCUT2D eigenvalue weighted by Crippen LogP contribution is -2.25. The number of hydrazone groups is 1. The average molecular weight is 423 g/mol. The van der Waals surface area contributed by atoms with Gasteiger partial charge in [-0.3, -0.25) is 4.79 Å². The lowest BCUT2D eigenvalue weighted by atomic mass is 10.1. The number of amides is 1. The van der Waals surface area contributed by atoms with Crippen LogP contribution in [0.1, 0.15) is 21.7 Å². The molecule has 2 aromatic heterocycles. The summed E-state index contributed by atoms with van der Waals surface area (Å²) in [4.78, 5) is 17.0. The van der Waals surface area contributed by atoms with E-state index >= 15 is 0 Å². The van der Waals surface area contributed by atoms with Crippen LogP contribution in [0.5, 0.6) is 5.88 Å². The first kappa shape index (κ1) is 19.1. The van der Waals surface area contributed by atoms with Crippen molar-refractivity contribution in [2.45, 2.75) is 13.5 Å². The predicted octanol–water partition coefficient (Wildman–Crippen LogP) is 2.76. The fourth-order valence-electron chi connectivity index (χ4n) is 1.91. The van der Waals surface area contributed by atoms with Gasteiger partial charge in [0.2, 0.25) is 5.88 Å². The number of nitrogens with one attached hydrogen (secondary N) is 1. The molecule has 2 aromatic rings. The Labute approximate surface area is 157 Å². The van der Waals surface area contributed by atoms with E-state index in [1.54, 1.807) is 13.1 Å². The summed E-state index contributed by atoms with van der Waals surface area (Å²) < 4.78 is 11.2. The fraction of sp³-hybridized carbons (Fsp3) is 0.250. The van der Waals surface area contributed by atoms with E-state index in [4.69, 9.17) is 9.47 Å². The van der Waals surface area contributed by atoms with E-state index in [0.29, 0.717) is 15.7 Å². The molecular weight excluding hydrogens is 408 g/mol. The first-order valence-electron chi connectivity index (χ1n) is 7.13. The number of methoxy groups -OCH3 is 1. The molecule has 9 heteroatoms. The van der Waals surface area contributed by atoms with Crippen LogP contribution in [0.15, 0.2) is 27.1 Å². The average Bonchev–Trinajstić information content (AvgIpc) is 3.11. The van der Waals surface area contributed by atoms with Gasteiger partial charge in [-0.15, -0.1) is 11.3 Å². The minimum absolute atomic E-state index is 0.0904. The third-order valence-electron chi connectivity index (χ3n) is 3.03. The molecule has 0 fully saturated rings. The molecule has 0 radical (unpaired) electrons. The lowest BCUT2D eigenvalue weighted by Gasteiger charge is -2.13. The molecule has 2 rings (SSSR count). The molecule has 0 aliphatic carbocycles. The zero-order valence-corrected chi connectivity index (χ0v) is 16.0. The van der Waals surface area contributed by atoms with Crippen molar-refractivity contribution in [2.75, 3.05) is 13.7 Å². The number of aromatic nitrogens is 1. The van der Waals surface area contributed by atoms with Crippen LogP contribution in [0.2, 0.25) is 0 Å². The molecule has 0 saturated carbocycles. The van der Waals surface area contributed by atoms with E-state index in [0.717, 1.165) is 4.88 Å². The van der Waals surface area contributed by atoms with Gasteiger partial charge in [0.1, 0.15) is 11.6 Å². The zero-order valence-electron chi connectivity index (χ0n) is 13.6. The third kappa shape index (κ3) is 5.09. The van der Waals surface area contributed by atoms with Crippen LogP contribution in [0.25, 0.3) is 0 Å². The second-order valence-corrected chi connectivity index (χ2v) is 6.58. The van der Waals surface area contributed by atoms with E-state index < -0.39 is 5.91 Å². The second kappa shape index (κ2) is 9.27. The second-order valence-electron chi connectivity index (χ2n) is 4.81. The number of rotatable bonds is 7. The van der Waals surface area contributed by atoms with Gasteiger partial charge in [-0.2, -0.15) is 10.4 Å². The van der Waals surface area contributed by atoms with E-state index in [1.807, 2.05) is 23.6 Å². The summed E-state index contributed by atoms with van der Waals surface area (Å²) in [6.45, 7) is 1.68. The third-order valence-corrected chi connectivity index (χ3v) is 4.89. The van der Waals surface area contributed by atoms with Gasteiger partial charge >= 0.3 is 0 Å². The van der Waals surface area contributed by atoms with Crippen LogP contribution in [0.4, 0.5) is 0 Å². The van der Waals surface area contributed by atoms with Crippen LogP contribution in [0, 0.1) is 18.3 Å². The number of nitrogens with zero attached hydrogens (tertiary/aromatic N) is 3. The molecule has 0 aliphatic heterocycles.